The van der Waals surface area contributed by atoms with Gasteiger partial charge in [-0.25, -0.2) is 9.78 Å². The molecular formula is C26H21F3N4O3S. The van der Waals surface area contributed by atoms with Gasteiger partial charge in [-0.15, -0.1) is 11.3 Å². The molecule has 2 N–H and O–H groups in total. The normalized spacial score (nSPS) is 12.9. The van der Waals surface area contributed by atoms with E-state index in [2.05, 4.69) is 20.6 Å². The number of alkyl halides is 3. The summed E-state index contributed by atoms with van der Waals surface area (Å²) in [6.45, 7) is -0.119. The van der Waals surface area contributed by atoms with Crippen molar-refractivity contribution in [2.24, 2.45) is 0 Å². The third-order valence-corrected chi connectivity index (χ3v) is 5.97. The van der Waals surface area contributed by atoms with Gasteiger partial charge in [-0.1, -0.05) is 42.5 Å². The number of anilines is 1. The molecule has 2 aromatic heterocycles. The Morgan fingerprint density at radius 3 is 2.38 bits per heavy atom. The highest BCUT2D eigenvalue weighted by Gasteiger charge is 2.50. The van der Waals surface area contributed by atoms with E-state index in [0.717, 1.165) is 11.1 Å². The molecule has 2 heterocycles. The van der Waals surface area contributed by atoms with Crippen LogP contribution in [0.5, 0.6) is 0 Å². The van der Waals surface area contributed by atoms with E-state index >= 15 is 0 Å². The summed E-state index contributed by atoms with van der Waals surface area (Å²) in [6, 6.07) is 18.6. The second kappa shape index (κ2) is 11.3. The van der Waals surface area contributed by atoms with Gasteiger partial charge in [0.15, 0.2) is 0 Å². The van der Waals surface area contributed by atoms with Crippen molar-refractivity contribution in [3.05, 3.63) is 101 Å². The first-order valence-corrected chi connectivity index (χ1v) is 12.0. The van der Waals surface area contributed by atoms with Crippen LogP contribution in [-0.4, -0.2) is 33.7 Å². The van der Waals surface area contributed by atoms with Gasteiger partial charge in [0.05, 0.1) is 11.2 Å². The molecule has 7 nitrogen and oxygen atoms in total. The predicted octanol–water partition coefficient (Wildman–Crippen LogP) is 4.98. The zero-order valence-corrected chi connectivity index (χ0v) is 20.1. The van der Waals surface area contributed by atoms with Gasteiger partial charge in [0.2, 0.25) is 5.72 Å². The van der Waals surface area contributed by atoms with E-state index in [1.807, 2.05) is 6.07 Å². The number of aromatic nitrogens is 2. The lowest BCUT2D eigenvalue weighted by Gasteiger charge is -2.33. The number of nitrogens with zero attached hydrogens (tertiary/aromatic N) is 2. The molecule has 0 aliphatic rings. The van der Waals surface area contributed by atoms with Crippen LogP contribution < -0.4 is 10.6 Å². The third-order valence-electron chi connectivity index (χ3n) is 5.33. The number of hydrogen-bond donors (Lipinski definition) is 2. The fourth-order valence-corrected chi connectivity index (χ4v) is 4.11. The smallest absolute Gasteiger partial charge is 0.427 e. The van der Waals surface area contributed by atoms with Crippen LogP contribution in [0.2, 0.25) is 0 Å². The molecular weight excluding hydrogens is 505 g/mol. The van der Waals surface area contributed by atoms with E-state index in [0.29, 0.717) is 16.9 Å². The van der Waals surface area contributed by atoms with Crippen molar-refractivity contribution in [2.45, 2.75) is 24.9 Å². The van der Waals surface area contributed by atoms with Gasteiger partial charge in [-0.05, 0) is 41.0 Å². The Hall–Kier alpha value is -4.09. The van der Waals surface area contributed by atoms with E-state index in [-0.39, 0.29) is 13.0 Å². The summed E-state index contributed by atoms with van der Waals surface area (Å²) in [7, 11) is 0. The van der Waals surface area contributed by atoms with Crippen LogP contribution >= 0.6 is 11.3 Å². The quantitative estimate of drug-likeness (QED) is 0.236. The minimum absolute atomic E-state index is 0.119. The van der Waals surface area contributed by atoms with Crippen LogP contribution in [0.1, 0.15) is 11.3 Å². The lowest BCUT2D eigenvalue weighted by molar-refractivity contribution is -0.216. The zero-order chi connectivity index (χ0) is 26.3. The minimum Gasteiger partial charge on any atom is -0.427 e. The van der Waals surface area contributed by atoms with Crippen LogP contribution in [0.15, 0.2) is 90.0 Å². The van der Waals surface area contributed by atoms with Crippen molar-refractivity contribution in [3.8, 4) is 11.1 Å². The Labute approximate surface area is 214 Å². The molecule has 0 radical (unpaired) electrons. The fourth-order valence-electron chi connectivity index (χ4n) is 3.55. The summed E-state index contributed by atoms with van der Waals surface area (Å²) in [5.41, 5.74) is 1.97. The van der Waals surface area contributed by atoms with Gasteiger partial charge < -0.3 is 10.1 Å². The number of carbonyl (C=O) groups excluding carboxylic acids is 2. The van der Waals surface area contributed by atoms with Crippen LogP contribution in [0, 0.1) is 0 Å². The average Bonchev–Trinajstić information content (AvgIpc) is 3.42. The molecule has 11 heteroatoms. The highest BCUT2D eigenvalue weighted by molar-refractivity contribution is 7.07. The maximum atomic E-state index is 13.7. The van der Waals surface area contributed by atoms with Crippen LogP contribution in [0.3, 0.4) is 0 Å². The number of rotatable bonds is 9. The third kappa shape index (κ3) is 6.78. The molecule has 0 unspecified atom stereocenters. The monoisotopic (exact) mass is 526 g/mol. The Balaban J connectivity index is 1.70. The van der Waals surface area contributed by atoms with Crippen molar-refractivity contribution in [2.75, 3.05) is 5.32 Å². The molecule has 0 saturated carbocycles. The predicted molar refractivity (Wildman–Crippen MR) is 132 cm³/mol. The van der Waals surface area contributed by atoms with E-state index in [4.69, 9.17) is 4.74 Å². The maximum absolute atomic E-state index is 13.7. The SMILES string of the molecule is O=C(O[C@@](Cc1ccccc1)(NCc1cscn1)C(=O)Nc1cccc(-c2ccncc2)c1)C(F)(F)F. The number of benzene rings is 2. The summed E-state index contributed by atoms with van der Waals surface area (Å²) in [6.07, 6.45) is -2.45. The van der Waals surface area contributed by atoms with Crippen molar-refractivity contribution in [1.82, 2.24) is 15.3 Å². The Morgan fingerprint density at radius 2 is 1.70 bits per heavy atom. The molecule has 4 rings (SSSR count). The molecule has 0 saturated heterocycles. The Kier molecular flexibility index (Phi) is 7.95. The van der Waals surface area contributed by atoms with Gasteiger partial charge >= 0.3 is 12.1 Å². The second-order valence-electron chi connectivity index (χ2n) is 7.98. The molecule has 0 aliphatic carbocycles. The average molecular weight is 527 g/mol. The highest BCUT2D eigenvalue weighted by Crippen LogP contribution is 2.27. The Bertz CT molecular complexity index is 1340. The summed E-state index contributed by atoms with van der Waals surface area (Å²) in [4.78, 5) is 33.8. The van der Waals surface area contributed by atoms with E-state index in [1.165, 1.54) is 11.3 Å². The van der Waals surface area contributed by atoms with Gasteiger partial charge in [0.25, 0.3) is 5.91 Å². The molecule has 4 aromatic rings. The molecule has 0 aliphatic heterocycles. The first-order chi connectivity index (χ1) is 17.7. The molecule has 1 atom stereocenters. The number of halogens is 3. The number of ether oxygens (including phenoxy) is 1. The van der Waals surface area contributed by atoms with Gasteiger partial charge in [-0.3, -0.25) is 15.1 Å². The summed E-state index contributed by atoms with van der Waals surface area (Å²) in [5, 5.41) is 7.02. The summed E-state index contributed by atoms with van der Waals surface area (Å²) < 4.78 is 44.9. The number of nitrogens with one attached hydrogen (secondary N) is 2. The van der Waals surface area contributed by atoms with Crippen LogP contribution in [0.4, 0.5) is 18.9 Å². The van der Waals surface area contributed by atoms with Crippen LogP contribution in [0.25, 0.3) is 11.1 Å². The number of hydrogen-bond acceptors (Lipinski definition) is 7. The molecule has 37 heavy (non-hydrogen) atoms. The number of pyridine rings is 1. The van der Waals surface area contributed by atoms with Crippen molar-refractivity contribution < 1.29 is 27.5 Å². The Morgan fingerprint density at radius 1 is 0.946 bits per heavy atom. The van der Waals surface area contributed by atoms with Gasteiger partial charge in [0.1, 0.15) is 0 Å². The van der Waals surface area contributed by atoms with E-state index < -0.39 is 23.8 Å². The minimum atomic E-state index is -5.31. The number of thiazole rings is 1. The standard InChI is InChI=1S/C26H21F3N4O3S/c27-26(28,29)24(35)36-25(14-18-5-2-1-3-6-18,32-15-22-16-37-17-31-22)23(34)33-21-8-4-7-20(13-21)19-9-11-30-12-10-19/h1-13,16-17,32H,14-15H2,(H,33,34)/t25-/m1/s1. The van der Waals surface area contributed by atoms with Gasteiger partial charge in [0, 0.05) is 36.4 Å². The largest absolute Gasteiger partial charge is 0.491 e. The topological polar surface area (TPSA) is 93.2 Å². The fraction of sp³-hybridized carbons (Fsp3) is 0.154. The first kappa shape index (κ1) is 26.0. The second-order valence-corrected chi connectivity index (χ2v) is 8.70. The summed E-state index contributed by atoms with van der Waals surface area (Å²) >= 11 is 1.28. The lowest BCUT2D eigenvalue weighted by Crippen LogP contribution is -2.60. The number of amides is 1. The molecule has 0 bridgehead atoms. The van der Waals surface area contributed by atoms with Crippen LogP contribution in [-0.2, 0) is 27.3 Å². The van der Waals surface area contributed by atoms with Crippen molar-refractivity contribution in [1.29, 1.82) is 0 Å². The molecule has 0 spiro atoms. The molecule has 2 aromatic carbocycles. The number of esters is 1. The molecule has 0 fully saturated rings. The van der Waals surface area contributed by atoms with Gasteiger partial charge in [-0.2, -0.15) is 13.2 Å². The first-order valence-electron chi connectivity index (χ1n) is 11.0. The molecule has 1 amide bonds. The zero-order valence-electron chi connectivity index (χ0n) is 19.2. The molecule has 190 valence electrons. The van der Waals surface area contributed by atoms with Crippen molar-refractivity contribution in [3.63, 3.8) is 0 Å². The van der Waals surface area contributed by atoms with E-state index in [1.54, 1.807) is 83.9 Å². The lowest BCUT2D eigenvalue weighted by atomic mass is 10.00. The summed E-state index contributed by atoms with van der Waals surface area (Å²) in [5.74, 6) is -3.47. The highest BCUT2D eigenvalue weighted by atomic mass is 32.1. The van der Waals surface area contributed by atoms with E-state index in [9.17, 15) is 22.8 Å². The van der Waals surface area contributed by atoms with Crippen molar-refractivity contribution >= 4 is 28.9 Å². The maximum Gasteiger partial charge on any atom is 0.491 e. The number of carbonyl (C=O) groups is 2.